The van der Waals surface area contributed by atoms with Crippen LogP contribution in [-0.4, -0.2) is 27.1 Å². The van der Waals surface area contributed by atoms with Gasteiger partial charge in [0.2, 0.25) is 5.91 Å². The lowest BCUT2D eigenvalue weighted by Crippen LogP contribution is -2.22. The quantitative estimate of drug-likeness (QED) is 0.782. The van der Waals surface area contributed by atoms with Crippen LogP contribution in [0.3, 0.4) is 0 Å². The maximum Gasteiger partial charge on any atom is 0.243 e. The second-order valence-corrected chi connectivity index (χ2v) is 8.18. The Bertz CT molecular complexity index is 886. The zero-order chi connectivity index (χ0) is 17.9. The van der Waals surface area contributed by atoms with E-state index in [-0.39, 0.29) is 17.3 Å². The van der Waals surface area contributed by atoms with E-state index in [9.17, 15) is 13.2 Å². The molecule has 2 N–H and O–H groups in total. The number of anilines is 2. The van der Waals surface area contributed by atoms with Gasteiger partial charge in [-0.25, -0.2) is 8.42 Å². The first-order valence-electron chi connectivity index (χ1n) is 6.65. The van der Waals surface area contributed by atoms with Crippen molar-refractivity contribution in [3.05, 3.63) is 51.5 Å². The van der Waals surface area contributed by atoms with Crippen LogP contribution in [0, 0.1) is 0 Å². The molecule has 0 aliphatic carbocycles. The van der Waals surface area contributed by atoms with Crippen LogP contribution in [0.15, 0.2) is 41.3 Å². The van der Waals surface area contributed by atoms with Crippen molar-refractivity contribution in [2.24, 2.45) is 0 Å². The molecule has 24 heavy (non-hydrogen) atoms. The van der Waals surface area contributed by atoms with E-state index in [1.165, 1.54) is 24.3 Å². The molecule has 0 aliphatic heterocycles. The summed E-state index contributed by atoms with van der Waals surface area (Å²) >= 11 is 17.5. The topological polar surface area (TPSA) is 75.3 Å². The zero-order valence-electron chi connectivity index (χ0n) is 12.4. The van der Waals surface area contributed by atoms with Crippen LogP contribution >= 0.6 is 34.8 Å². The van der Waals surface area contributed by atoms with Crippen LogP contribution in [0.2, 0.25) is 15.1 Å². The van der Waals surface area contributed by atoms with Crippen molar-refractivity contribution >= 4 is 61.9 Å². The van der Waals surface area contributed by atoms with Gasteiger partial charge in [-0.3, -0.25) is 4.79 Å². The van der Waals surface area contributed by atoms with E-state index in [2.05, 4.69) is 10.6 Å². The molecule has 1 amide bonds. The normalized spacial score (nSPS) is 11.2. The zero-order valence-corrected chi connectivity index (χ0v) is 15.5. The Kier molecular flexibility index (Phi) is 5.98. The molecule has 9 heteroatoms. The molecule has 0 atom stereocenters. The lowest BCUT2D eigenvalue weighted by Gasteiger charge is -2.12. The molecular weight excluding hydrogens is 395 g/mol. The molecule has 0 heterocycles. The predicted molar refractivity (Wildman–Crippen MR) is 98.1 cm³/mol. The summed E-state index contributed by atoms with van der Waals surface area (Å²) in [6.07, 6.45) is 1.07. The van der Waals surface area contributed by atoms with Crippen molar-refractivity contribution in [1.82, 2.24) is 0 Å². The first kappa shape index (κ1) is 18.9. The molecule has 0 unspecified atom stereocenters. The maximum absolute atomic E-state index is 12.0. The maximum atomic E-state index is 12.0. The summed E-state index contributed by atoms with van der Waals surface area (Å²) < 4.78 is 23.6. The van der Waals surface area contributed by atoms with E-state index in [0.717, 1.165) is 6.26 Å². The molecule has 128 valence electrons. The van der Waals surface area contributed by atoms with Crippen LogP contribution in [-0.2, 0) is 14.6 Å². The summed E-state index contributed by atoms with van der Waals surface area (Å²) in [6, 6.07) is 9.06. The van der Waals surface area contributed by atoms with Gasteiger partial charge in [0.05, 0.1) is 27.2 Å². The van der Waals surface area contributed by atoms with Crippen molar-refractivity contribution in [1.29, 1.82) is 0 Å². The minimum Gasteiger partial charge on any atom is -0.375 e. The van der Waals surface area contributed by atoms with Crippen molar-refractivity contribution in [3.8, 4) is 0 Å². The highest BCUT2D eigenvalue weighted by Gasteiger charge is 2.15. The fourth-order valence-electron chi connectivity index (χ4n) is 1.90. The van der Waals surface area contributed by atoms with Gasteiger partial charge < -0.3 is 10.6 Å². The highest BCUT2D eigenvalue weighted by atomic mass is 35.5. The largest absolute Gasteiger partial charge is 0.375 e. The average Bonchev–Trinajstić information content (AvgIpc) is 2.49. The molecule has 0 saturated carbocycles. The Balaban J connectivity index is 2.08. The molecule has 5 nitrogen and oxygen atoms in total. The average molecular weight is 408 g/mol. The van der Waals surface area contributed by atoms with Gasteiger partial charge in [0.25, 0.3) is 0 Å². The number of carbonyl (C=O) groups excluding carboxylic acids is 1. The molecule has 0 spiro atoms. The standard InChI is InChI=1S/C15H13Cl3N2O3S/c1-24(22,23)14-6-9(16)2-5-13(14)19-8-15(21)20-10-3-4-11(17)12(18)7-10/h2-7,19H,8H2,1H3,(H,20,21). The van der Waals surface area contributed by atoms with Crippen LogP contribution < -0.4 is 10.6 Å². The first-order chi connectivity index (χ1) is 11.2. The Morgan fingerprint density at radius 3 is 2.38 bits per heavy atom. The third-order valence-corrected chi connectivity index (χ3v) is 5.10. The number of carbonyl (C=O) groups is 1. The molecule has 0 aliphatic rings. The minimum absolute atomic E-state index is 0.0253. The number of halogens is 3. The molecule has 2 aromatic rings. The molecule has 2 rings (SSSR count). The minimum atomic E-state index is -3.48. The van der Waals surface area contributed by atoms with Crippen molar-refractivity contribution in [3.63, 3.8) is 0 Å². The first-order valence-corrected chi connectivity index (χ1v) is 9.68. The molecule has 0 fully saturated rings. The third kappa shape index (κ3) is 5.01. The summed E-state index contributed by atoms with van der Waals surface area (Å²) in [7, 11) is -3.48. The number of sulfone groups is 1. The number of benzene rings is 2. The summed E-state index contributed by atoms with van der Waals surface area (Å²) in [6.45, 7) is -0.135. The van der Waals surface area contributed by atoms with Crippen LogP contribution in [0.4, 0.5) is 11.4 Å². The van der Waals surface area contributed by atoms with Gasteiger partial charge in [0, 0.05) is 17.0 Å². The van der Waals surface area contributed by atoms with Gasteiger partial charge in [-0.15, -0.1) is 0 Å². The van der Waals surface area contributed by atoms with E-state index >= 15 is 0 Å². The molecule has 0 bridgehead atoms. The SMILES string of the molecule is CS(=O)(=O)c1cc(Cl)ccc1NCC(=O)Nc1ccc(Cl)c(Cl)c1. The van der Waals surface area contributed by atoms with E-state index in [0.29, 0.717) is 26.4 Å². The smallest absolute Gasteiger partial charge is 0.243 e. The molecule has 2 aromatic carbocycles. The molecular formula is C15H13Cl3N2O3S. The third-order valence-electron chi connectivity index (χ3n) is 2.99. The Labute approximate surface area is 154 Å². The second kappa shape index (κ2) is 7.61. The molecule has 0 radical (unpaired) electrons. The van der Waals surface area contributed by atoms with Gasteiger partial charge in [-0.05, 0) is 36.4 Å². The van der Waals surface area contributed by atoms with E-state index in [1.807, 2.05) is 0 Å². The van der Waals surface area contributed by atoms with Crippen molar-refractivity contribution < 1.29 is 13.2 Å². The number of hydrogen-bond donors (Lipinski definition) is 2. The lowest BCUT2D eigenvalue weighted by atomic mass is 10.3. The Hall–Kier alpha value is -1.47. The predicted octanol–water partition coefficient (Wildman–Crippen LogP) is 4.10. The molecule has 0 saturated heterocycles. The van der Waals surface area contributed by atoms with Crippen LogP contribution in [0.1, 0.15) is 0 Å². The fraction of sp³-hybridized carbons (Fsp3) is 0.133. The van der Waals surface area contributed by atoms with Crippen molar-refractivity contribution in [2.75, 3.05) is 23.4 Å². The van der Waals surface area contributed by atoms with Gasteiger partial charge in [0.1, 0.15) is 0 Å². The number of rotatable bonds is 5. The van der Waals surface area contributed by atoms with Crippen LogP contribution in [0.5, 0.6) is 0 Å². The summed E-state index contributed by atoms with van der Waals surface area (Å²) in [5.41, 5.74) is 0.779. The number of nitrogens with one attached hydrogen (secondary N) is 2. The van der Waals surface area contributed by atoms with Gasteiger partial charge in [0.15, 0.2) is 9.84 Å². The lowest BCUT2D eigenvalue weighted by molar-refractivity contribution is -0.114. The van der Waals surface area contributed by atoms with E-state index < -0.39 is 9.84 Å². The highest BCUT2D eigenvalue weighted by Crippen LogP contribution is 2.26. The van der Waals surface area contributed by atoms with Gasteiger partial charge >= 0.3 is 0 Å². The van der Waals surface area contributed by atoms with Gasteiger partial charge in [-0.1, -0.05) is 34.8 Å². The van der Waals surface area contributed by atoms with Gasteiger partial charge in [-0.2, -0.15) is 0 Å². The van der Waals surface area contributed by atoms with Crippen LogP contribution in [0.25, 0.3) is 0 Å². The van der Waals surface area contributed by atoms with E-state index in [1.54, 1.807) is 12.1 Å². The summed E-state index contributed by atoms with van der Waals surface area (Å²) in [4.78, 5) is 12.0. The summed E-state index contributed by atoms with van der Waals surface area (Å²) in [5, 5.41) is 6.41. The summed E-state index contributed by atoms with van der Waals surface area (Å²) in [5.74, 6) is -0.372. The van der Waals surface area contributed by atoms with Crippen molar-refractivity contribution in [2.45, 2.75) is 4.90 Å². The highest BCUT2D eigenvalue weighted by molar-refractivity contribution is 7.90. The number of amides is 1. The second-order valence-electron chi connectivity index (χ2n) is 4.94. The fourth-order valence-corrected chi connectivity index (χ4v) is 3.32. The Morgan fingerprint density at radius 2 is 1.75 bits per heavy atom. The van der Waals surface area contributed by atoms with E-state index in [4.69, 9.17) is 34.8 Å². The monoisotopic (exact) mass is 406 g/mol. The Morgan fingerprint density at radius 1 is 1.04 bits per heavy atom. The molecule has 0 aromatic heterocycles. The number of hydrogen-bond acceptors (Lipinski definition) is 4.